The first-order chi connectivity index (χ1) is 22.6. The van der Waals surface area contributed by atoms with Crippen molar-refractivity contribution in [3.63, 3.8) is 0 Å². The Balaban J connectivity index is 1.53. The normalized spacial score (nSPS) is 19.0. The lowest BCUT2D eigenvalue weighted by molar-refractivity contribution is -0.143. The van der Waals surface area contributed by atoms with Gasteiger partial charge in [-0.2, -0.15) is 0 Å². The minimum absolute atomic E-state index is 0.0185. The third kappa shape index (κ3) is 6.97. The zero-order valence-electron chi connectivity index (χ0n) is 27.3. The van der Waals surface area contributed by atoms with Gasteiger partial charge in [-0.3, -0.25) is 19.1 Å². The second kappa shape index (κ2) is 14.5. The topological polar surface area (TPSA) is 134 Å². The van der Waals surface area contributed by atoms with Crippen molar-refractivity contribution in [3.8, 4) is 29.0 Å². The number of nitrogens with zero attached hydrogens (tertiary/aromatic N) is 3. The van der Waals surface area contributed by atoms with Gasteiger partial charge in [0.1, 0.15) is 5.82 Å². The number of carbonyl (C=O) groups is 2. The van der Waals surface area contributed by atoms with Crippen LogP contribution in [0.5, 0.6) is 29.0 Å². The van der Waals surface area contributed by atoms with Gasteiger partial charge in [-0.1, -0.05) is 26.7 Å². The number of carboxylic acids is 1. The predicted octanol–water partition coefficient (Wildman–Crippen LogP) is 5.65. The predicted molar refractivity (Wildman–Crippen MR) is 173 cm³/mol. The summed E-state index contributed by atoms with van der Waals surface area (Å²) in [5, 5.41) is 31.3. The number of hydrogen-bond donors (Lipinski definition) is 3. The summed E-state index contributed by atoms with van der Waals surface area (Å²) in [4.78, 5) is 31.2. The van der Waals surface area contributed by atoms with Gasteiger partial charge in [0.05, 0.1) is 19.6 Å². The first-order valence-electron chi connectivity index (χ1n) is 16.2. The molecule has 0 spiro atoms. The number of aliphatic carboxylic acids is 1. The van der Waals surface area contributed by atoms with E-state index in [2.05, 4.69) is 13.8 Å². The van der Waals surface area contributed by atoms with Crippen molar-refractivity contribution in [1.82, 2.24) is 9.47 Å². The maximum absolute atomic E-state index is 14.4. The fraction of sp³-hybridized carbons (Fsp3) is 0.486. The van der Waals surface area contributed by atoms with E-state index in [9.17, 15) is 29.3 Å². The van der Waals surface area contributed by atoms with Crippen molar-refractivity contribution in [2.45, 2.75) is 77.4 Å². The lowest BCUT2D eigenvalue weighted by Gasteiger charge is -2.35. The van der Waals surface area contributed by atoms with Crippen LogP contribution < -0.4 is 19.1 Å². The first kappa shape index (κ1) is 33.9. The standard InChI is InChI=1S/C35H44FN3O8/c1-5-7-23(8-6-2)39(24-9-10-26(36)21(3)15-24)32(42)19-37-18-25(22-16-28(45-4)34-29(17-22)46-20-47-34)33(35(43)44)27(37)13-14-38-30(40)11-12-31(38)41/h9-12,15-17,23,25,27,33,40-41H,5-8,13-14,18-20H2,1-4H3,(H,43,44)/t25-,27+,33?/m1/s1. The number of aromatic nitrogens is 1. The Morgan fingerprint density at radius 1 is 1.06 bits per heavy atom. The molecule has 3 heterocycles. The van der Waals surface area contributed by atoms with Gasteiger partial charge < -0.3 is 34.4 Å². The molecule has 0 saturated carbocycles. The number of halogens is 1. The number of fused-ring (bicyclic) bond motifs is 1. The molecule has 5 rings (SSSR count). The molecule has 12 heteroatoms. The van der Waals surface area contributed by atoms with Crippen molar-refractivity contribution >= 4 is 17.6 Å². The highest BCUT2D eigenvalue weighted by Gasteiger charge is 2.48. The highest BCUT2D eigenvalue weighted by Crippen LogP contribution is 2.47. The fourth-order valence-electron chi connectivity index (χ4n) is 7.15. The number of methoxy groups -OCH3 is 1. The molecule has 0 bridgehead atoms. The van der Waals surface area contributed by atoms with Crippen molar-refractivity contribution in [3.05, 3.63) is 59.4 Å². The summed E-state index contributed by atoms with van der Waals surface area (Å²) in [5.74, 6) is -2.07. The Morgan fingerprint density at radius 2 is 1.77 bits per heavy atom. The molecule has 3 atom stereocenters. The van der Waals surface area contributed by atoms with E-state index in [1.54, 1.807) is 36.1 Å². The quantitative estimate of drug-likeness (QED) is 0.202. The van der Waals surface area contributed by atoms with Crippen molar-refractivity contribution in [2.24, 2.45) is 5.92 Å². The van der Waals surface area contributed by atoms with Crippen LogP contribution in [-0.2, 0) is 16.1 Å². The fourth-order valence-corrected chi connectivity index (χ4v) is 7.15. The highest BCUT2D eigenvalue weighted by atomic mass is 19.1. The second-order valence-corrected chi connectivity index (χ2v) is 12.3. The van der Waals surface area contributed by atoms with Crippen LogP contribution in [0.2, 0.25) is 0 Å². The molecule has 1 amide bonds. The maximum atomic E-state index is 14.4. The molecule has 2 aliphatic rings. The molecule has 2 aliphatic heterocycles. The first-order valence-corrected chi connectivity index (χ1v) is 16.2. The molecule has 0 aliphatic carbocycles. The number of aryl methyl sites for hydroxylation is 1. The molecule has 1 saturated heterocycles. The molecule has 254 valence electrons. The average molecular weight is 654 g/mol. The van der Waals surface area contributed by atoms with Gasteiger partial charge >= 0.3 is 5.97 Å². The molecule has 0 radical (unpaired) electrons. The van der Waals surface area contributed by atoms with Crippen LogP contribution in [-0.4, -0.2) is 75.7 Å². The summed E-state index contributed by atoms with van der Waals surface area (Å²) in [5.41, 5.74) is 1.71. The van der Waals surface area contributed by atoms with Crippen LogP contribution in [0, 0.1) is 18.7 Å². The summed E-state index contributed by atoms with van der Waals surface area (Å²) in [7, 11) is 1.50. The molecule has 11 nitrogen and oxygen atoms in total. The van der Waals surface area contributed by atoms with Crippen molar-refractivity contribution < 1.29 is 43.5 Å². The van der Waals surface area contributed by atoms with E-state index in [0.29, 0.717) is 34.1 Å². The van der Waals surface area contributed by atoms with Crippen LogP contribution in [0.15, 0.2) is 42.5 Å². The zero-order valence-corrected chi connectivity index (χ0v) is 27.3. The molecule has 1 aromatic heterocycles. The summed E-state index contributed by atoms with van der Waals surface area (Å²) >= 11 is 0. The summed E-state index contributed by atoms with van der Waals surface area (Å²) in [6.07, 6.45) is 3.42. The third-order valence-corrected chi connectivity index (χ3v) is 9.36. The van der Waals surface area contributed by atoms with E-state index in [1.165, 1.54) is 29.9 Å². The zero-order chi connectivity index (χ0) is 33.8. The number of rotatable bonds is 14. The van der Waals surface area contributed by atoms with Gasteiger partial charge in [0.2, 0.25) is 18.4 Å². The average Bonchev–Trinajstić information content (AvgIpc) is 3.74. The Hall–Kier alpha value is -4.45. The lowest BCUT2D eigenvalue weighted by Crippen LogP contribution is -2.48. The lowest BCUT2D eigenvalue weighted by atomic mass is 9.84. The minimum atomic E-state index is -1.03. The Morgan fingerprint density at radius 3 is 2.38 bits per heavy atom. The molecule has 1 fully saturated rings. The van der Waals surface area contributed by atoms with E-state index < -0.39 is 23.8 Å². The maximum Gasteiger partial charge on any atom is 0.308 e. The van der Waals surface area contributed by atoms with E-state index in [4.69, 9.17) is 14.2 Å². The van der Waals surface area contributed by atoms with E-state index in [1.807, 2.05) is 4.90 Å². The molecule has 3 aromatic rings. The third-order valence-electron chi connectivity index (χ3n) is 9.36. The number of aromatic hydroxyl groups is 2. The summed E-state index contributed by atoms with van der Waals surface area (Å²) in [6, 6.07) is 10.2. The van der Waals surface area contributed by atoms with Gasteiger partial charge in [-0.25, -0.2) is 4.39 Å². The Kier molecular flexibility index (Phi) is 10.5. The number of carbonyl (C=O) groups excluding carboxylic acids is 1. The number of hydrogen-bond acceptors (Lipinski definition) is 8. The number of anilines is 1. The number of amides is 1. The van der Waals surface area contributed by atoms with Gasteiger partial charge in [0.15, 0.2) is 23.3 Å². The number of carboxylic acid groups (broad SMARTS) is 1. The number of ether oxygens (including phenoxy) is 3. The molecular weight excluding hydrogens is 609 g/mol. The van der Waals surface area contributed by atoms with Gasteiger partial charge in [0, 0.05) is 48.9 Å². The number of likely N-dealkylation sites (tertiary alicyclic amines) is 1. The minimum Gasteiger partial charge on any atom is -0.494 e. The highest BCUT2D eigenvalue weighted by molar-refractivity contribution is 5.95. The van der Waals surface area contributed by atoms with Crippen LogP contribution >= 0.6 is 0 Å². The van der Waals surface area contributed by atoms with Crippen LogP contribution in [0.3, 0.4) is 0 Å². The van der Waals surface area contributed by atoms with Crippen LogP contribution in [0.25, 0.3) is 0 Å². The SMILES string of the molecule is CCCC(CCC)N(C(=O)CN1C[C@H](c2cc(OC)c3c(c2)OCO3)C(C(=O)O)[C@@H]1CCn1c(O)ccc1O)c1ccc(F)c(C)c1. The molecule has 2 aromatic carbocycles. The monoisotopic (exact) mass is 653 g/mol. The Bertz CT molecular complexity index is 1570. The van der Waals surface area contributed by atoms with E-state index >= 15 is 0 Å². The summed E-state index contributed by atoms with van der Waals surface area (Å²) in [6.45, 7) is 6.08. The molecule has 1 unspecified atom stereocenters. The summed E-state index contributed by atoms with van der Waals surface area (Å²) < 4.78 is 32.4. The van der Waals surface area contributed by atoms with Crippen molar-refractivity contribution in [1.29, 1.82) is 0 Å². The largest absolute Gasteiger partial charge is 0.494 e. The Labute approximate surface area is 274 Å². The van der Waals surface area contributed by atoms with E-state index in [-0.39, 0.29) is 62.4 Å². The molecule has 3 N–H and O–H groups in total. The van der Waals surface area contributed by atoms with Gasteiger partial charge in [-0.15, -0.1) is 0 Å². The molecule has 47 heavy (non-hydrogen) atoms. The molecular formula is C35H44FN3O8. The second-order valence-electron chi connectivity index (χ2n) is 12.3. The number of benzene rings is 2. The van der Waals surface area contributed by atoms with Gasteiger partial charge in [-0.05, 0) is 67.6 Å². The van der Waals surface area contributed by atoms with E-state index in [0.717, 1.165) is 25.7 Å². The van der Waals surface area contributed by atoms with Crippen LogP contribution in [0.4, 0.5) is 10.1 Å². The van der Waals surface area contributed by atoms with Gasteiger partial charge in [0.25, 0.3) is 0 Å². The van der Waals surface area contributed by atoms with Crippen molar-refractivity contribution in [2.75, 3.05) is 31.9 Å². The smallest absolute Gasteiger partial charge is 0.308 e. The van der Waals surface area contributed by atoms with Crippen LogP contribution in [0.1, 0.15) is 63.0 Å².